The molecule has 0 N–H and O–H groups in total. The summed E-state index contributed by atoms with van der Waals surface area (Å²) in [6, 6.07) is 46.2. The Labute approximate surface area is 360 Å². The van der Waals surface area contributed by atoms with Gasteiger partial charge in [0.05, 0.1) is 34.9 Å². The lowest BCUT2D eigenvalue weighted by Gasteiger charge is -2.41. The molecule has 10 aromatic rings. The molecule has 280 valence electrons. The number of para-hydroxylation sites is 9. The second kappa shape index (κ2) is 12.8. The number of ether oxygens (including phenoxy) is 1. The Morgan fingerprint density at radius 2 is 1.10 bits per heavy atom. The minimum Gasteiger partial charge on any atom is -0.453 e. The van der Waals surface area contributed by atoms with Crippen molar-refractivity contribution in [2.75, 3.05) is 14.7 Å². The second-order valence-corrected chi connectivity index (χ2v) is 15.0. The van der Waals surface area contributed by atoms with Crippen molar-refractivity contribution in [3.05, 3.63) is 212 Å². The van der Waals surface area contributed by atoms with Gasteiger partial charge in [-0.15, -0.1) is 0 Å². The molecule has 0 atom stereocenters. The van der Waals surface area contributed by atoms with Crippen molar-refractivity contribution in [2.24, 2.45) is 0 Å². The van der Waals surface area contributed by atoms with Crippen LogP contribution in [0.4, 0.5) is 51.2 Å². The van der Waals surface area contributed by atoms with Gasteiger partial charge in [0.25, 0.3) is 6.71 Å². The number of rotatable bonds is 5. The average Bonchev–Trinajstić information content (AvgIpc) is 3.72. The van der Waals surface area contributed by atoms with Gasteiger partial charge >= 0.3 is 0 Å². The molecule has 0 spiro atoms. The first-order valence-electron chi connectivity index (χ1n) is 24.3. The van der Waals surface area contributed by atoms with Gasteiger partial charge in [0.1, 0.15) is 0 Å². The van der Waals surface area contributed by atoms with Crippen LogP contribution in [-0.4, -0.2) is 11.3 Å². The first kappa shape index (κ1) is 25.4. The summed E-state index contributed by atoms with van der Waals surface area (Å²) >= 11 is 0. The van der Waals surface area contributed by atoms with E-state index >= 15 is 0 Å². The van der Waals surface area contributed by atoms with Crippen molar-refractivity contribution in [1.82, 2.24) is 4.57 Å². The van der Waals surface area contributed by atoms with Crippen molar-refractivity contribution in [1.29, 1.82) is 0 Å². The van der Waals surface area contributed by atoms with Crippen molar-refractivity contribution < 1.29 is 17.1 Å². The number of hydrogen-bond donors (Lipinski definition) is 0. The first-order valence-corrected chi connectivity index (χ1v) is 19.8. The Bertz CT molecular complexity index is 3810. The Balaban J connectivity index is 1.20. The summed E-state index contributed by atoms with van der Waals surface area (Å²) in [7, 11) is 0. The van der Waals surface area contributed by atoms with E-state index in [1.165, 1.54) is 4.90 Å². The van der Waals surface area contributed by atoms with Crippen LogP contribution in [0.1, 0.15) is 12.3 Å². The Kier molecular flexibility index (Phi) is 5.41. The third kappa shape index (κ3) is 4.70. The summed E-state index contributed by atoms with van der Waals surface area (Å²) in [4.78, 5) is 5.22. The van der Waals surface area contributed by atoms with E-state index in [4.69, 9.17) is 8.85 Å². The van der Waals surface area contributed by atoms with Gasteiger partial charge in [-0.05, 0) is 107 Å². The zero-order valence-corrected chi connectivity index (χ0v) is 31.8. The Hall–Kier alpha value is -7.96. The van der Waals surface area contributed by atoms with Gasteiger partial charge in [0.2, 0.25) is 0 Å². The molecule has 6 heteroatoms. The fraction of sp³-hybridized carbons (Fsp3) is 0. The number of aromatic nitrogens is 1. The molecule has 60 heavy (non-hydrogen) atoms. The van der Waals surface area contributed by atoms with Crippen LogP contribution in [0.15, 0.2) is 212 Å². The van der Waals surface area contributed by atoms with Crippen molar-refractivity contribution in [2.45, 2.75) is 0 Å². The van der Waals surface area contributed by atoms with E-state index in [2.05, 4.69) is 51.9 Å². The highest BCUT2D eigenvalue weighted by atomic mass is 16.5. The van der Waals surface area contributed by atoms with Crippen LogP contribution in [-0.2, 0) is 0 Å². The van der Waals surface area contributed by atoms with E-state index in [-0.39, 0.29) is 35.5 Å². The molecular formula is C54H35BN4O. The van der Waals surface area contributed by atoms with E-state index in [1.54, 1.807) is 41.3 Å². The summed E-state index contributed by atoms with van der Waals surface area (Å²) in [5, 5.41) is 2.08. The number of anilines is 9. The summed E-state index contributed by atoms with van der Waals surface area (Å²) in [5.41, 5.74) is 8.93. The Morgan fingerprint density at radius 3 is 1.92 bits per heavy atom. The van der Waals surface area contributed by atoms with Gasteiger partial charge in [0.15, 0.2) is 11.5 Å². The van der Waals surface area contributed by atoms with Gasteiger partial charge in [0, 0.05) is 56.1 Å². The van der Waals surface area contributed by atoms with E-state index < -0.39 is 48.3 Å². The summed E-state index contributed by atoms with van der Waals surface area (Å²) in [6.45, 7) is -0.260. The van der Waals surface area contributed by atoms with Crippen molar-refractivity contribution in [3.63, 3.8) is 0 Å². The topological polar surface area (TPSA) is 23.9 Å². The molecule has 3 aliphatic rings. The fourth-order valence-corrected chi connectivity index (χ4v) is 9.55. The van der Waals surface area contributed by atoms with Gasteiger partial charge in [-0.2, -0.15) is 0 Å². The van der Waals surface area contributed by atoms with Crippen LogP contribution >= 0.6 is 0 Å². The predicted molar refractivity (Wildman–Crippen MR) is 250 cm³/mol. The number of benzene rings is 9. The quantitative estimate of drug-likeness (QED) is 0.163. The molecule has 9 aromatic carbocycles. The molecule has 0 saturated heterocycles. The third-order valence-corrected chi connectivity index (χ3v) is 11.9. The van der Waals surface area contributed by atoms with Crippen molar-refractivity contribution >= 4 is 96.1 Å². The van der Waals surface area contributed by atoms with Crippen LogP contribution in [0.3, 0.4) is 0 Å². The number of nitrogens with zero attached hydrogens (tertiary/aromatic N) is 4. The standard InChI is InChI=1S/C54H35BN4O/c1-3-17-36(18-4-1)56(38-21-15-22-39(33-38)58-47-29-11-13-31-51(47)60-52-32-14-12-30-48(52)58)40-34-49-53-50(35-40)59-45-27-9-7-23-41(45)42-24-16-26-44(54(42)59)55(53)43-25-8-10-28-46(43)57(49)37-19-5-2-6-20-37/h1-35H/i1D,3D,4D,15D,17D,18D,21D,22D,33D. The summed E-state index contributed by atoms with van der Waals surface area (Å²) in [5.74, 6) is 0.881. The smallest absolute Gasteiger partial charge is 0.252 e. The van der Waals surface area contributed by atoms with E-state index in [0.717, 1.165) is 60.9 Å². The normalized spacial score (nSPS) is 15.1. The van der Waals surface area contributed by atoms with E-state index in [9.17, 15) is 8.22 Å². The molecule has 4 heterocycles. The van der Waals surface area contributed by atoms with Gasteiger partial charge in [-0.1, -0.05) is 121 Å². The fourth-order valence-electron chi connectivity index (χ4n) is 9.55. The van der Waals surface area contributed by atoms with E-state index in [1.807, 2.05) is 78.9 Å². The highest BCUT2D eigenvalue weighted by Crippen LogP contribution is 2.52. The molecule has 3 aliphatic heterocycles. The molecule has 0 amide bonds. The van der Waals surface area contributed by atoms with Gasteiger partial charge in [-0.25, -0.2) is 0 Å². The summed E-state index contributed by atoms with van der Waals surface area (Å²) in [6.07, 6.45) is 0. The minimum absolute atomic E-state index is 0.0576. The summed E-state index contributed by atoms with van der Waals surface area (Å²) < 4.78 is 93.5. The number of hydrogen-bond acceptors (Lipinski definition) is 4. The van der Waals surface area contributed by atoms with Crippen LogP contribution in [0.25, 0.3) is 27.5 Å². The lowest BCUT2D eigenvalue weighted by molar-refractivity contribution is 0.477. The molecule has 0 fully saturated rings. The highest BCUT2D eigenvalue weighted by Gasteiger charge is 2.42. The SMILES string of the molecule is [2H]c1c([2H])c([2H])c(N(c2cc3c4c(c2)-n2c5ccccc5c5cccc(c52)B4c2ccccc2N3c2ccccc2)c2c([2H])c([2H])c([2H])c(N3c4ccccc4Oc4ccccc43)c2[2H])c([2H])c1[2H]. The van der Waals surface area contributed by atoms with Crippen LogP contribution in [0.2, 0.25) is 0 Å². The molecule has 5 nitrogen and oxygen atoms in total. The minimum atomic E-state index is -0.611. The second-order valence-electron chi connectivity index (χ2n) is 15.0. The van der Waals surface area contributed by atoms with E-state index in [0.29, 0.717) is 22.9 Å². The molecule has 0 radical (unpaired) electrons. The highest BCUT2D eigenvalue weighted by molar-refractivity contribution is 7.00. The molecule has 13 rings (SSSR count). The molecule has 1 aromatic heterocycles. The zero-order chi connectivity index (χ0) is 47.1. The molecule has 0 aliphatic carbocycles. The Morgan fingerprint density at radius 1 is 0.467 bits per heavy atom. The number of fused-ring (bicyclic) bond motifs is 9. The predicted octanol–water partition coefficient (Wildman–Crippen LogP) is 12.4. The van der Waals surface area contributed by atoms with Crippen LogP contribution < -0.4 is 35.8 Å². The van der Waals surface area contributed by atoms with Gasteiger partial charge in [-0.3, -0.25) is 0 Å². The lowest BCUT2D eigenvalue weighted by atomic mass is 9.34. The molecular weight excluding hydrogens is 731 g/mol. The third-order valence-electron chi connectivity index (χ3n) is 11.9. The monoisotopic (exact) mass is 775 g/mol. The van der Waals surface area contributed by atoms with Crippen LogP contribution in [0.5, 0.6) is 11.5 Å². The lowest BCUT2D eigenvalue weighted by Crippen LogP contribution is -2.60. The zero-order valence-electron chi connectivity index (χ0n) is 40.8. The largest absolute Gasteiger partial charge is 0.453 e. The molecule has 0 unspecified atom stereocenters. The van der Waals surface area contributed by atoms with Crippen LogP contribution in [0, 0.1) is 0 Å². The molecule has 0 saturated carbocycles. The maximum atomic E-state index is 10.3. The average molecular weight is 776 g/mol. The van der Waals surface area contributed by atoms with Gasteiger partial charge < -0.3 is 24.0 Å². The maximum Gasteiger partial charge on any atom is 0.252 e. The maximum absolute atomic E-state index is 10.3. The van der Waals surface area contributed by atoms with Crippen molar-refractivity contribution in [3.8, 4) is 17.2 Å². The first-order chi connectivity index (χ1) is 33.5. The molecule has 0 bridgehead atoms.